The molecular weight excluding hydrogens is 551 g/mol. The zero-order valence-corrected chi connectivity index (χ0v) is 23.0. The number of carbonyl (C=O) groups is 1. The van der Waals surface area contributed by atoms with Gasteiger partial charge in [-0.25, -0.2) is 14.2 Å². The first kappa shape index (κ1) is 28.0. The van der Waals surface area contributed by atoms with Crippen molar-refractivity contribution >= 4 is 46.5 Å². The van der Waals surface area contributed by atoms with Crippen LogP contribution in [0.3, 0.4) is 0 Å². The maximum absolute atomic E-state index is 12.5. The largest absolute Gasteiger partial charge is 0.573 e. The van der Waals surface area contributed by atoms with E-state index in [4.69, 9.17) is 0 Å². The number of amides is 2. The quantitative estimate of drug-likeness (QED) is 0.143. The first-order valence-corrected chi connectivity index (χ1v) is 13.6. The van der Waals surface area contributed by atoms with Crippen molar-refractivity contribution in [3.8, 4) is 17.0 Å². The number of benzene rings is 3. The second kappa shape index (κ2) is 11.9. The summed E-state index contributed by atoms with van der Waals surface area (Å²) in [5, 5.41) is 4.72. The molecular formula is C30H26F3N5O2S. The van der Waals surface area contributed by atoms with E-state index in [1.54, 1.807) is 24.5 Å². The maximum Gasteiger partial charge on any atom is 0.573 e. The van der Waals surface area contributed by atoms with Crippen LogP contribution in [0.15, 0.2) is 89.6 Å². The summed E-state index contributed by atoms with van der Waals surface area (Å²) in [4.78, 5) is 16.9. The average Bonchev–Trinajstić information content (AvgIpc) is 3.39. The molecule has 2 amide bonds. The van der Waals surface area contributed by atoms with Crippen LogP contribution in [0.4, 0.5) is 23.7 Å². The normalized spacial score (nSPS) is 12.6. The van der Waals surface area contributed by atoms with Gasteiger partial charge in [0.2, 0.25) is 0 Å². The summed E-state index contributed by atoms with van der Waals surface area (Å²) in [6.45, 7) is 4.23. The van der Waals surface area contributed by atoms with Gasteiger partial charge in [-0.15, -0.1) is 13.2 Å². The molecule has 2 aromatic heterocycles. The Morgan fingerprint density at radius 3 is 2.66 bits per heavy atom. The zero-order chi connectivity index (χ0) is 29.0. The van der Waals surface area contributed by atoms with E-state index in [9.17, 15) is 18.0 Å². The van der Waals surface area contributed by atoms with E-state index < -0.39 is 6.36 Å². The molecule has 0 radical (unpaired) electrons. The molecule has 0 saturated carbocycles. The Hall–Kier alpha value is -4.51. The fraction of sp³-hybridized carbons (Fsp3) is 0.167. The summed E-state index contributed by atoms with van der Waals surface area (Å²) in [6.07, 6.45) is 1.42. The van der Waals surface area contributed by atoms with E-state index >= 15 is 0 Å². The number of nitrogens with one attached hydrogen (secondary N) is 2. The number of hydrogen-bond acceptors (Lipinski definition) is 5. The number of imidazole rings is 1. The summed E-state index contributed by atoms with van der Waals surface area (Å²) >= 11 is 0.928. The number of anilines is 1. The van der Waals surface area contributed by atoms with Crippen LogP contribution in [0, 0.1) is 0 Å². The minimum absolute atomic E-state index is 0.282. The van der Waals surface area contributed by atoms with Crippen molar-refractivity contribution in [1.29, 1.82) is 0 Å². The number of aromatic nitrogens is 2. The molecule has 0 spiro atoms. The van der Waals surface area contributed by atoms with Crippen molar-refractivity contribution in [2.45, 2.75) is 32.5 Å². The molecule has 0 fully saturated rings. The third kappa shape index (κ3) is 6.63. The number of ether oxygens (including phenoxy) is 1. The van der Waals surface area contributed by atoms with Gasteiger partial charge < -0.3 is 10.1 Å². The highest BCUT2D eigenvalue weighted by Gasteiger charge is 2.31. The van der Waals surface area contributed by atoms with E-state index in [1.165, 1.54) is 12.1 Å². The number of alkyl halides is 3. The minimum atomic E-state index is -4.74. The van der Waals surface area contributed by atoms with Gasteiger partial charge in [0.05, 0.1) is 24.0 Å². The number of hydrogen-bond donors (Lipinski definition) is 2. The SMILES string of the molecule is CCC(C)c1ccccc1NC(=O)NSN=Cc1ccc2c(ccn3c(-c4ccc(OC(F)(F)F)cc4)cnc23)c1. The van der Waals surface area contributed by atoms with Gasteiger partial charge in [0.15, 0.2) is 0 Å². The number of halogens is 3. The topological polar surface area (TPSA) is 80.0 Å². The van der Waals surface area contributed by atoms with Crippen molar-refractivity contribution in [1.82, 2.24) is 14.1 Å². The van der Waals surface area contributed by atoms with E-state index in [0.717, 1.165) is 51.8 Å². The second-order valence-corrected chi connectivity index (χ2v) is 9.95. The first-order valence-electron chi connectivity index (χ1n) is 12.8. The predicted octanol–water partition coefficient (Wildman–Crippen LogP) is 8.37. The number of nitrogens with zero attached hydrogens (tertiary/aromatic N) is 3. The van der Waals surface area contributed by atoms with Gasteiger partial charge in [-0.2, -0.15) is 0 Å². The number of fused-ring (bicyclic) bond motifs is 3. The molecule has 210 valence electrons. The Balaban J connectivity index is 1.25. The lowest BCUT2D eigenvalue weighted by atomic mass is 9.97. The van der Waals surface area contributed by atoms with Crippen LogP contribution in [0.1, 0.15) is 37.3 Å². The lowest BCUT2D eigenvalue weighted by molar-refractivity contribution is -0.274. The lowest BCUT2D eigenvalue weighted by Gasteiger charge is -2.15. The molecule has 0 aliphatic heterocycles. The van der Waals surface area contributed by atoms with E-state index in [2.05, 4.69) is 38.0 Å². The second-order valence-electron chi connectivity index (χ2n) is 9.35. The molecule has 3 aromatic carbocycles. The van der Waals surface area contributed by atoms with Crippen LogP contribution in [-0.2, 0) is 0 Å². The van der Waals surface area contributed by atoms with Crippen molar-refractivity contribution in [3.63, 3.8) is 0 Å². The third-order valence-corrected chi connectivity index (χ3v) is 7.13. The Labute approximate surface area is 238 Å². The summed E-state index contributed by atoms with van der Waals surface area (Å²) in [5.41, 5.74) is 4.85. The molecule has 2 heterocycles. The van der Waals surface area contributed by atoms with Crippen molar-refractivity contribution in [3.05, 3.63) is 96.3 Å². The maximum atomic E-state index is 12.5. The van der Waals surface area contributed by atoms with Gasteiger partial charge in [-0.05, 0) is 77.4 Å². The molecule has 5 rings (SSSR count). The zero-order valence-electron chi connectivity index (χ0n) is 22.1. The van der Waals surface area contributed by atoms with Gasteiger partial charge >= 0.3 is 12.4 Å². The summed E-state index contributed by atoms with van der Waals surface area (Å²) in [5.74, 6) is 0.0452. The van der Waals surface area contributed by atoms with Crippen molar-refractivity contribution < 1.29 is 22.7 Å². The van der Waals surface area contributed by atoms with Gasteiger partial charge in [0, 0.05) is 29.0 Å². The molecule has 0 aliphatic rings. The highest BCUT2D eigenvalue weighted by atomic mass is 32.2. The molecule has 0 aliphatic carbocycles. The van der Waals surface area contributed by atoms with Crippen LogP contribution >= 0.6 is 12.1 Å². The molecule has 5 aromatic rings. The Kier molecular flexibility index (Phi) is 8.16. The number of carbonyl (C=O) groups excluding carboxylic acids is 1. The van der Waals surface area contributed by atoms with Crippen LogP contribution in [0.2, 0.25) is 0 Å². The monoisotopic (exact) mass is 577 g/mol. The fourth-order valence-electron chi connectivity index (χ4n) is 4.47. The molecule has 1 atom stereocenters. The van der Waals surface area contributed by atoms with Crippen LogP contribution in [-0.4, -0.2) is 28.0 Å². The number of para-hydroxylation sites is 1. The first-order chi connectivity index (χ1) is 19.7. The summed E-state index contributed by atoms with van der Waals surface area (Å²) in [6, 6.07) is 20.8. The molecule has 7 nitrogen and oxygen atoms in total. The van der Waals surface area contributed by atoms with Gasteiger partial charge in [-0.1, -0.05) is 38.1 Å². The molecule has 0 bridgehead atoms. The average molecular weight is 578 g/mol. The smallest absolute Gasteiger partial charge is 0.406 e. The Morgan fingerprint density at radius 2 is 1.90 bits per heavy atom. The van der Waals surface area contributed by atoms with Crippen molar-refractivity contribution in [2.75, 3.05) is 5.32 Å². The number of urea groups is 1. The minimum Gasteiger partial charge on any atom is -0.406 e. The highest BCUT2D eigenvalue weighted by molar-refractivity contribution is 7.96. The number of pyridine rings is 1. The van der Waals surface area contributed by atoms with Crippen LogP contribution < -0.4 is 14.8 Å². The number of rotatable bonds is 8. The van der Waals surface area contributed by atoms with Gasteiger partial charge in [-0.3, -0.25) is 9.12 Å². The van der Waals surface area contributed by atoms with Gasteiger partial charge in [0.1, 0.15) is 11.4 Å². The Bertz CT molecular complexity index is 1720. The highest BCUT2D eigenvalue weighted by Crippen LogP contribution is 2.30. The predicted molar refractivity (Wildman–Crippen MR) is 157 cm³/mol. The van der Waals surface area contributed by atoms with E-state index in [1.807, 2.05) is 59.1 Å². The molecule has 0 saturated heterocycles. The molecule has 41 heavy (non-hydrogen) atoms. The standard InChI is InChI=1S/C30H26F3N5O2S/c1-3-19(2)24-6-4-5-7-26(24)36-29(39)37-41-35-17-20-8-13-25-22(16-20)14-15-38-27(18-34-28(25)38)21-9-11-23(12-10-21)40-30(31,32)33/h4-19H,3H2,1-2H3,(H2,36,37,39). The summed E-state index contributed by atoms with van der Waals surface area (Å²) < 4.78 is 50.2. The molecule has 2 N–H and O–H groups in total. The summed E-state index contributed by atoms with van der Waals surface area (Å²) in [7, 11) is 0. The van der Waals surface area contributed by atoms with E-state index in [-0.39, 0.29) is 11.8 Å². The Morgan fingerprint density at radius 1 is 1.12 bits per heavy atom. The molecule has 11 heteroatoms. The fourth-order valence-corrected chi connectivity index (χ4v) is 4.83. The molecule has 1 unspecified atom stereocenters. The van der Waals surface area contributed by atoms with Crippen LogP contribution in [0.5, 0.6) is 5.75 Å². The lowest BCUT2D eigenvalue weighted by Crippen LogP contribution is -2.23. The van der Waals surface area contributed by atoms with Crippen LogP contribution in [0.25, 0.3) is 27.7 Å². The van der Waals surface area contributed by atoms with Crippen molar-refractivity contribution in [2.24, 2.45) is 4.40 Å². The third-order valence-electron chi connectivity index (χ3n) is 6.65. The van der Waals surface area contributed by atoms with E-state index in [0.29, 0.717) is 17.1 Å². The van der Waals surface area contributed by atoms with Gasteiger partial charge in [0.25, 0.3) is 0 Å².